The molecule has 2 aliphatic heterocycles. The van der Waals surface area contributed by atoms with Crippen molar-refractivity contribution < 1.29 is 46.6 Å². The third-order valence-corrected chi connectivity index (χ3v) is 12.1. The minimum absolute atomic E-state index is 0.0473. The number of methoxy groups -OCH3 is 1. The molecule has 14 nitrogen and oxygen atoms in total. The number of carbonyl (C=O) groups excluding carboxylic acids is 3. The molecule has 0 unspecified atom stereocenters. The minimum Gasteiger partial charge on any atom is -0.494 e. The topological polar surface area (TPSA) is 193 Å². The van der Waals surface area contributed by atoms with Gasteiger partial charge in [0.15, 0.2) is 0 Å². The first-order valence-electron chi connectivity index (χ1n) is 16.8. The number of halogens is 1. The lowest BCUT2D eigenvalue weighted by Crippen LogP contribution is -2.59. The number of benzene rings is 1. The van der Waals surface area contributed by atoms with E-state index in [1.54, 1.807) is 25.1 Å². The van der Waals surface area contributed by atoms with Gasteiger partial charge >= 0.3 is 6.09 Å². The van der Waals surface area contributed by atoms with E-state index in [-0.39, 0.29) is 44.0 Å². The van der Waals surface area contributed by atoms with Crippen molar-refractivity contribution in [3.05, 3.63) is 42.6 Å². The fourth-order valence-corrected chi connectivity index (χ4v) is 8.42. The van der Waals surface area contributed by atoms with Gasteiger partial charge in [0.05, 0.1) is 19.9 Å². The van der Waals surface area contributed by atoms with Gasteiger partial charge in [0.1, 0.15) is 29.5 Å². The SMILES string of the molecule is COc1cnc(O[C@@H]2C[C@H]3C(=O)N[C@]4(C(=O)NS(=O)(=O)C5(F)CC5)C[C@H]4C=CCC[C@H](C)C[C@@H](C)[C@H](NC(=O)O)C(=O)N3C2)c2ccccc12. The molecular weight excluding hydrogens is 673 g/mol. The highest BCUT2D eigenvalue weighted by molar-refractivity contribution is 7.91. The largest absolute Gasteiger partial charge is 0.494 e. The van der Waals surface area contributed by atoms with E-state index in [0.717, 1.165) is 5.39 Å². The molecule has 2 saturated carbocycles. The number of sulfonamides is 1. The lowest BCUT2D eigenvalue weighted by molar-refractivity contribution is -0.142. The number of amides is 4. The molecule has 4 amide bonds. The van der Waals surface area contributed by atoms with Crippen molar-refractivity contribution in [1.82, 2.24) is 25.2 Å². The van der Waals surface area contributed by atoms with Crippen LogP contribution >= 0.6 is 0 Å². The Labute approximate surface area is 289 Å². The van der Waals surface area contributed by atoms with Gasteiger partial charge in [-0.15, -0.1) is 0 Å². The van der Waals surface area contributed by atoms with E-state index in [0.29, 0.717) is 30.4 Å². The standard InChI is InChI=1S/C34H42FN5O9S/c1-19-8-4-5-9-21-16-34(21,31(43)39-50(46,47)33(35)12-13-33)38-28(41)25-15-22(18-40(25)30(42)27(20(2)14-19)37-32(44)45)49-29-24-11-7-6-10-23(24)26(48-3)17-36-29/h5-7,9-11,17,19-22,25,27,37H,4,8,12-16,18H2,1-3H3,(H,38,41)(H,39,43)(H,44,45)/t19-,20+,21+,22+,25-,27-,34+/m0/s1. The lowest BCUT2D eigenvalue weighted by Gasteiger charge is -2.32. The van der Waals surface area contributed by atoms with E-state index in [4.69, 9.17) is 9.47 Å². The molecule has 0 spiro atoms. The first kappa shape index (κ1) is 35.4. The molecule has 4 aliphatic rings. The summed E-state index contributed by atoms with van der Waals surface area (Å²) in [5.41, 5.74) is -1.70. The number of alkyl halides is 1. The smallest absolute Gasteiger partial charge is 0.405 e. The number of rotatable bonds is 7. The van der Waals surface area contributed by atoms with Gasteiger partial charge in [-0.1, -0.05) is 44.2 Å². The van der Waals surface area contributed by atoms with E-state index >= 15 is 0 Å². The number of pyridine rings is 1. The summed E-state index contributed by atoms with van der Waals surface area (Å²) in [5, 5.41) is 13.6. The van der Waals surface area contributed by atoms with Crippen molar-refractivity contribution in [2.75, 3.05) is 13.7 Å². The second kappa shape index (κ2) is 13.3. The lowest BCUT2D eigenvalue weighted by atomic mass is 9.88. The molecule has 2 aliphatic carbocycles. The maximum absolute atomic E-state index is 14.7. The summed E-state index contributed by atoms with van der Waals surface area (Å²) < 4.78 is 53.7. The Morgan fingerprint density at radius 2 is 1.86 bits per heavy atom. The van der Waals surface area contributed by atoms with Crippen LogP contribution in [-0.2, 0) is 24.4 Å². The molecule has 1 saturated heterocycles. The third kappa shape index (κ3) is 6.81. The molecule has 1 aromatic heterocycles. The maximum atomic E-state index is 14.7. The third-order valence-electron chi connectivity index (χ3n) is 10.3. The summed E-state index contributed by atoms with van der Waals surface area (Å²) >= 11 is 0. The predicted molar refractivity (Wildman–Crippen MR) is 178 cm³/mol. The van der Waals surface area contributed by atoms with Crippen LogP contribution in [0.1, 0.15) is 58.8 Å². The molecular formula is C34H42FN5O9S. The Hall–Kier alpha value is -4.47. The van der Waals surface area contributed by atoms with E-state index in [1.807, 2.05) is 29.9 Å². The number of carbonyl (C=O) groups is 4. The maximum Gasteiger partial charge on any atom is 0.405 e. The Morgan fingerprint density at radius 3 is 2.54 bits per heavy atom. The zero-order valence-electron chi connectivity index (χ0n) is 28.1. The summed E-state index contributed by atoms with van der Waals surface area (Å²) in [6, 6.07) is 4.84. The molecule has 0 radical (unpaired) electrons. The highest BCUT2D eigenvalue weighted by Gasteiger charge is 2.64. The molecule has 50 heavy (non-hydrogen) atoms. The predicted octanol–water partition coefficient (Wildman–Crippen LogP) is 3.02. The van der Waals surface area contributed by atoms with Crippen molar-refractivity contribution in [3.8, 4) is 11.6 Å². The van der Waals surface area contributed by atoms with E-state index in [1.165, 1.54) is 18.2 Å². The van der Waals surface area contributed by atoms with Crippen molar-refractivity contribution in [2.24, 2.45) is 17.8 Å². The molecule has 6 rings (SSSR count). The second-order valence-electron chi connectivity index (χ2n) is 14.0. The fraction of sp³-hybridized carbons (Fsp3) is 0.559. The summed E-state index contributed by atoms with van der Waals surface area (Å²) in [5.74, 6) is -2.63. The normalized spacial score (nSPS) is 30.9. The molecule has 16 heteroatoms. The molecule has 1 aromatic carbocycles. The van der Waals surface area contributed by atoms with Crippen LogP contribution in [0, 0.1) is 17.8 Å². The average molecular weight is 716 g/mol. The monoisotopic (exact) mass is 715 g/mol. The summed E-state index contributed by atoms with van der Waals surface area (Å²) in [7, 11) is -3.14. The van der Waals surface area contributed by atoms with Gasteiger partial charge in [0.25, 0.3) is 15.9 Å². The minimum atomic E-state index is -4.66. The molecule has 0 bridgehead atoms. The molecule has 2 aromatic rings. The number of hydrogen-bond acceptors (Lipinski definition) is 9. The van der Waals surface area contributed by atoms with Gasteiger partial charge in [-0.2, -0.15) is 0 Å². The molecule has 270 valence electrons. The first-order valence-corrected chi connectivity index (χ1v) is 18.3. The number of hydrogen-bond donors (Lipinski definition) is 4. The van der Waals surface area contributed by atoms with Crippen LogP contribution < -0.4 is 24.8 Å². The number of allylic oxidation sites excluding steroid dienone is 1. The van der Waals surface area contributed by atoms with Crippen LogP contribution in [0.5, 0.6) is 11.6 Å². The van der Waals surface area contributed by atoms with Gasteiger partial charge < -0.3 is 30.1 Å². The van der Waals surface area contributed by atoms with Gasteiger partial charge in [0, 0.05) is 36.0 Å². The number of ether oxygens (including phenoxy) is 2. The van der Waals surface area contributed by atoms with Crippen LogP contribution in [0.15, 0.2) is 42.6 Å². The van der Waals surface area contributed by atoms with Crippen LogP contribution in [-0.4, -0.2) is 89.6 Å². The van der Waals surface area contributed by atoms with Gasteiger partial charge in [-0.25, -0.2) is 27.3 Å². The van der Waals surface area contributed by atoms with E-state index in [2.05, 4.69) is 15.6 Å². The number of aromatic nitrogens is 1. The number of nitrogens with zero attached hydrogens (tertiary/aromatic N) is 2. The van der Waals surface area contributed by atoms with Gasteiger partial charge in [0.2, 0.25) is 22.7 Å². The highest BCUT2D eigenvalue weighted by Crippen LogP contribution is 2.48. The van der Waals surface area contributed by atoms with Crippen LogP contribution in [0.3, 0.4) is 0 Å². The Morgan fingerprint density at radius 1 is 1.14 bits per heavy atom. The van der Waals surface area contributed by atoms with Gasteiger partial charge in [-0.3, -0.25) is 14.4 Å². The van der Waals surface area contributed by atoms with E-state index in [9.17, 15) is 37.1 Å². The second-order valence-corrected chi connectivity index (χ2v) is 15.9. The Bertz CT molecular complexity index is 1840. The molecule has 3 fully saturated rings. The van der Waals surface area contributed by atoms with Crippen molar-refractivity contribution >= 4 is 44.6 Å². The summed E-state index contributed by atoms with van der Waals surface area (Å²) in [6.07, 6.45) is 4.27. The Balaban J connectivity index is 1.34. The average Bonchev–Trinajstić information content (AvgIpc) is 3.95. The van der Waals surface area contributed by atoms with Crippen molar-refractivity contribution in [1.29, 1.82) is 0 Å². The fourth-order valence-electron chi connectivity index (χ4n) is 7.18. The number of fused-ring (bicyclic) bond motifs is 3. The molecule has 3 heterocycles. The summed E-state index contributed by atoms with van der Waals surface area (Å²) in [4.78, 5) is 59.7. The van der Waals surface area contributed by atoms with Crippen LogP contribution in [0.4, 0.5) is 9.18 Å². The first-order chi connectivity index (χ1) is 23.7. The van der Waals surface area contributed by atoms with Crippen LogP contribution in [0.25, 0.3) is 10.8 Å². The molecule has 7 atom stereocenters. The molecule has 4 N–H and O–H groups in total. The van der Waals surface area contributed by atoms with Crippen molar-refractivity contribution in [3.63, 3.8) is 0 Å². The highest BCUT2D eigenvalue weighted by atomic mass is 32.2. The number of nitrogens with one attached hydrogen (secondary N) is 3. The zero-order chi connectivity index (χ0) is 36.0. The Kier molecular flexibility index (Phi) is 9.43. The van der Waals surface area contributed by atoms with E-state index < -0.39 is 74.4 Å². The van der Waals surface area contributed by atoms with Crippen molar-refractivity contribution in [2.45, 2.75) is 87.5 Å². The summed E-state index contributed by atoms with van der Waals surface area (Å²) in [6.45, 7) is 3.66. The number of carboxylic acid groups (broad SMARTS) is 1. The van der Waals surface area contributed by atoms with Crippen LogP contribution in [0.2, 0.25) is 0 Å². The van der Waals surface area contributed by atoms with Gasteiger partial charge in [-0.05, 0) is 43.6 Å². The zero-order valence-corrected chi connectivity index (χ0v) is 28.9. The quantitative estimate of drug-likeness (QED) is 0.310.